The second-order valence-electron chi connectivity index (χ2n) is 11.0. The minimum absolute atomic E-state index is 0.0489. The molecular formula is C33H34FN3O2. The van der Waals surface area contributed by atoms with Crippen molar-refractivity contribution >= 4 is 17.2 Å². The number of nitrogens with zero attached hydrogens (tertiary/aromatic N) is 3. The lowest BCUT2D eigenvalue weighted by atomic mass is 9.81. The molecule has 0 amide bonds. The first-order chi connectivity index (χ1) is 18.9. The molecule has 2 aliphatic rings. The molecule has 0 radical (unpaired) electrons. The molecule has 0 bridgehead atoms. The molecule has 3 heterocycles. The zero-order chi connectivity index (χ0) is 27.4. The number of pyridine rings is 2. The molecule has 2 atom stereocenters. The molecule has 6 rings (SSSR count). The number of carbonyl (C=O) groups excluding carboxylic acids is 1. The van der Waals surface area contributed by atoms with E-state index in [1.807, 2.05) is 37.5 Å². The van der Waals surface area contributed by atoms with Gasteiger partial charge in [0.05, 0.1) is 23.4 Å². The molecule has 2 aromatic carbocycles. The smallest absolute Gasteiger partial charge is 0.254 e. The van der Waals surface area contributed by atoms with Gasteiger partial charge in [-0.15, -0.1) is 0 Å². The zero-order valence-corrected chi connectivity index (χ0v) is 23.1. The van der Waals surface area contributed by atoms with E-state index in [2.05, 4.69) is 36.2 Å². The molecule has 4 aromatic rings. The van der Waals surface area contributed by atoms with Crippen LogP contribution < -0.4 is 5.56 Å². The first-order valence-corrected chi connectivity index (χ1v) is 14.0. The molecule has 0 N–H and O–H groups in total. The van der Waals surface area contributed by atoms with E-state index in [9.17, 15) is 9.59 Å². The van der Waals surface area contributed by atoms with Crippen molar-refractivity contribution in [3.8, 4) is 11.4 Å². The van der Waals surface area contributed by atoms with Gasteiger partial charge in [0.15, 0.2) is 0 Å². The Kier molecular flexibility index (Phi) is 6.46. The van der Waals surface area contributed by atoms with Gasteiger partial charge >= 0.3 is 0 Å². The Morgan fingerprint density at radius 3 is 2.64 bits per heavy atom. The SMILES string of the molecule is CCc1c(C(C=O)CC)cc2n(c1=O)Cc1c-2nc2cc(F)c(C)c3c2c1C(N(C)Cc1ccccc1)CC3. The number of halogens is 1. The lowest BCUT2D eigenvalue weighted by molar-refractivity contribution is -0.109. The van der Waals surface area contributed by atoms with Crippen LogP contribution in [0.2, 0.25) is 0 Å². The Balaban J connectivity index is 1.60. The van der Waals surface area contributed by atoms with Gasteiger partial charge in [0.25, 0.3) is 5.56 Å². The van der Waals surface area contributed by atoms with Crippen LogP contribution in [0.1, 0.15) is 77.6 Å². The number of hydrogen-bond donors (Lipinski definition) is 0. The highest BCUT2D eigenvalue weighted by Crippen LogP contribution is 2.46. The summed E-state index contributed by atoms with van der Waals surface area (Å²) in [5.41, 5.74) is 8.74. The lowest BCUT2D eigenvalue weighted by Gasteiger charge is -2.35. The third-order valence-corrected chi connectivity index (χ3v) is 8.90. The average Bonchev–Trinajstić information content (AvgIpc) is 3.31. The second kappa shape index (κ2) is 9.83. The molecule has 0 saturated carbocycles. The summed E-state index contributed by atoms with van der Waals surface area (Å²) in [4.78, 5) is 33.2. The molecule has 0 saturated heterocycles. The van der Waals surface area contributed by atoms with Crippen LogP contribution in [-0.4, -0.2) is 27.8 Å². The van der Waals surface area contributed by atoms with Crippen molar-refractivity contribution in [1.29, 1.82) is 0 Å². The maximum absolute atomic E-state index is 15.1. The van der Waals surface area contributed by atoms with Gasteiger partial charge < -0.3 is 9.36 Å². The predicted molar refractivity (Wildman–Crippen MR) is 153 cm³/mol. The third-order valence-electron chi connectivity index (χ3n) is 8.90. The van der Waals surface area contributed by atoms with Gasteiger partial charge in [-0.3, -0.25) is 9.69 Å². The van der Waals surface area contributed by atoms with Crippen LogP contribution in [0.3, 0.4) is 0 Å². The average molecular weight is 524 g/mol. The standard InChI is InChI=1S/C33H34FN3O2/c1-5-21(18-38)24-14-29-32-25(17-37(29)33(39)22(24)6-2)31-28(36(4)16-20-10-8-7-9-11-20)13-12-23-19(3)26(34)15-27(35-32)30(23)31/h7-11,14-15,18,21,28H,5-6,12-13,16-17H2,1-4H3. The van der Waals surface area contributed by atoms with Gasteiger partial charge in [-0.25, -0.2) is 9.37 Å². The fraction of sp³-hybridized carbons (Fsp3) is 0.364. The van der Waals surface area contributed by atoms with Crippen LogP contribution in [0.25, 0.3) is 22.3 Å². The Morgan fingerprint density at radius 2 is 1.95 bits per heavy atom. The Bertz CT molecular complexity index is 1680. The van der Waals surface area contributed by atoms with Gasteiger partial charge in [-0.1, -0.05) is 44.2 Å². The van der Waals surface area contributed by atoms with Crippen LogP contribution in [0.5, 0.6) is 0 Å². The highest BCUT2D eigenvalue weighted by atomic mass is 19.1. The number of aldehydes is 1. The highest BCUT2D eigenvalue weighted by molar-refractivity contribution is 5.93. The molecule has 2 aromatic heterocycles. The first kappa shape index (κ1) is 25.6. The van der Waals surface area contributed by atoms with E-state index in [0.717, 1.165) is 59.1 Å². The normalized spacial score (nSPS) is 16.4. The van der Waals surface area contributed by atoms with Crippen LogP contribution >= 0.6 is 0 Å². The van der Waals surface area contributed by atoms with Crippen molar-refractivity contribution in [2.75, 3.05) is 7.05 Å². The molecule has 0 spiro atoms. The predicted octanol–water partition coefficient (Wildman–Crippen LogP) is 6.25. The first-order valence-electron chi connectivity index (χ1n) is 14.0. The quantitative estimate of drug-likeness (QED) is 0.237. The maximum Gasteiger partial charge on any atom is 0.254 e. The fourth-order valence-electron chi connectivity index (χ4n) is 6.84. The molecule has 5 nitrogen and oxygen atoms in total. The van der Waals surface area contributed by atoms with Crippen LogP contribution in [0.4, 0.5) is 4.39 Å². The van der Waals surface area contributed by atoms with Crippen LogP contribution in [0, 0.1) is 12.7 Å². The number of carbonyl (C=O) groups is 1. The molecule has 1 aliphatic heterocycles. The number of aromatic nitrogens is 2. The van der Waals surface area contributed by atoms with Gasteiger partial charge in [0, 0.05) is 41.1 Å². The Labute approximate surface area is 228 Å². The van der Waals surface area contributed by atoms with Crippen molar-refractivity contribution < 1.29 is 9.18 Å². The molecule has 1 aliphatic carbocycles. The summed E-state index contributed by atoms with van der Waals surface area (Å²) in [6.07, 6.45) is 3.78. The lowest BCUT2D eigenvalue weighted by Crippen LogP contribution is -2.29. The fourth-order valence-corrected chi connectivity index (χ4v) is 6.84. The van der Waals surface area contributed by atoms with E-state index in [1.165, 1.54) is 11.1 Å². The summed E-state index contributed by atoms with van der Waals surface area (Å²) >= 11 is 0. The maximum atomic E-state index is 15.1. The molecule has 39 heavy (non-hydrogen) atoms. The van der Waals surface area contributed by atoms with Gasteiger partial charge in [-0.2, -0.15) is 0 Å². The number of aryl methyl sites for hydroxylation is 1. The molecule has 0 fully saturated rings. The number of benzene rings is 2. The molecular weight excluding hydrogens is 489 g/mol. The van der Waals surface area contributed by atoms with E-state index >= 15 is 4.39 Å². The summed E-state index contributed by atoms with van der Waals surface area (Å²) in [5, 5.41) is 1.04. The second-order valence-corrected chi connectivity index (χ2v) is 11.0. The monoisotopic (exact) mass is 523 g/mol. The van der Waals surface area contributed by atoms with Crippen LogP contribution in [0.15, 0.2) is 47.3 Å². The van der Waals surface area contributed by atoms with Gasteiger partial charge in [-0.05, 0) is 73.5 Å². The van der Waals surface area contributed by atoms with Crippen LogP contribution in [-0.2, 0) is 30.7 Å². The van der Waals surface area contributed by atoms with Crippen molar-refractivity contribution in [3.63, 3.8) is 0 Å². The third kappa shape index (κ3) is 3.96. The molecule has 6 heteroatoms. The summed E-state index contributed by atoms with van der Waals surface area (Å²) in [6.45, 7) is 7.02. The minimum atomic E-state index is -0.335. The topological polar surface area (TPSA) is 55.2 Å². The van der Waals surface area contributed by atoms with Crippen molar-refractivity contribution in [2.45, 2.75) is 71.5 Å². The largest absolute Gasteiger partial charge is 0.303 e. The highest BCUT2D eigenvalue weighted by Gasteiger charge is 2.36. The van der Waals surface area contributed by atoms with Gasteiger partial charge in [0.2, 0.25) is 0 Å². The Morgan fingerprint density at radius 1 is 1.18 bits per heavy atom. The van der Waals surface area contributed by atoms with Crippen molar-refractivity contribution in [3.05, 3.63) is 97.6 Å². The van der Waals surface area contributed by atoms with E-state index < -0.39 is 0 Å². The number of hydrogen-bond acceptors (Lipinski definition) is 4. The van der Waals surface area contributed by atoms with E-state index in [0.29, 0.717) is 36.0 Å². The van der Waals surface area contributed by atoms with Gasteiger partial charge in [0.1, 0.15) is 12.1 Å². The summed E-state index contributed by atoms with van der Waals surface area (Å²) < 4.78 is 16.9. The summed E-state index contributed by atoms with van der Waals surface area (Å²) in [5.74, 6) is -0.575. The zero-order valence-electron chi connectivity index (χ0n) is 23.1. The molecule has 2 unspecified atom stereocenters. The number of fused-ring (bicyclic) bond motifs is 4. The number of rotatable bonds is 7. The summed E-state index contributed by atoms with van der Waals surface area (Å²) in [7, 11) is 2.15. The van der Waals surface area contributed by atoms with Crippen molar-refractivity contribution in [1.82, 2.24) is 14.5 Å². The minimum Gasteiger partial charge on any atom is -0.303 e. The summed E-state index contributed by atoms with van der Waals surface area (Å²) in [6, 6.07) is 14.1. The van der Waals surface area contributed by atoms with E-state index in [4.69, 9.17) is 4.98 Å². The van der Waals surface area contributed by atoms with Crippen molar-refractivity contribution in [2.24, 2.45) is 0 Å². The van der Waals surface area contributed by atoms with E-state index in [-0.39, 0.29) is 23.3 Å². The van der Waals surface area contributed by atoms with E-state index in [1.54, 1.807) is 6.07 Å². The molecule has 200 valence electrons. The Hall–Kier alpha value is -3.64.